The first-order valence-electron chi connectivity index (χ1n) is 4.78. The van der Waals surface area contributed by atoms with Gasteiger partial charge in [-0.1, -0.05) is 12.1 Å². The van der Waals surface area contributed by atoms with Crippen LogP contribution in [0.4, 0.5) is 8.78 Å². The summed E-state index contributed by atoms with van der Waals surface area (Å²) in [5.74, 6) is -4.05. The third-order valence-corrected chi connectivity index (χ3v) is 2.97. The van der Waals surface area contributed by atoms with Gasteiger partial charge in [-0.3, -0.25) is 0 Å². The first-order chi connectivity index (χ1) is 7.76. The van der Waals surface area contributed by atoms with E-state index in [2.05, 4.69) is 0 Å². The first-order valence-corrected chi connectivity index (χ1v) is 6.49. The molecule has 0 unspecified atom stereocenters. The highest BCUT2D eigenvalue weighted by atomic mass is 32.2. The van der Waals surface area contributed by atoms with Crippen molar-refractivity contribution in [2.45, 2.75) is 12.3 Å². The lowest BCUT2D eigenvalue weighted by Crippen LogP contribution is -2.24. The number of rotatable bonds is 5. The Morgan fingerprint density at radius 2 is 1.94 bits per heavy atom. The number of ether oxygens (including phenoxy) is 1. The van der Waals surface area contributed by atoms with Gasteiger partial charge in [0.05, 0.1) is 18.4 Å². The van der Waals surface area contributed by atoms with Gasteiger partial charge in [-0.25, -0.2) is 22.3 Å². The van der Waals surface area contributed by atoms with E-state index in [0.29, 0.717) is 0 Å². The summed E-state index contributed by atoms with van der Waals surface area (Å²) in [7, 11) is -2.63. The Kier molecular flexibility index (Phi) is 4.05. The summed E-state index contributed by atoms with van der Waals surface area (Å²) in [4.78, 5) is 0. The second kappa shape index (κ2) is 4.97. The van der Waals surface area contributed by atoms with Crippen molar-refractivity contribution in [3.63, 3.8) is 0 Å². The minimum atomic E-state index is -3.91. The first kappa shape index (κ1) is 13.9. The van der Waals surface area contributed by atoms with Gasteiger partial charge in [-0.05, 0) is 12.1 Å². The summed E-state index contributed by atoms with van der Waals surface area (Å²) < 4.78 is 53.6. The molecular weight excluding hydrogens is 252 g/mol. The smallest absolute Gasteiger partial charge is 0.277 e. The molecule has 0 aliphatic rings. The number of hydrogen-bond acceptors (Lipinski definition) is 3. The minimum absolute atomic E-state index is 0.0203. The maximum Gasteiger partial charge on any atom is 0.277 e. The SMILES string of the molecule is COc1ccccc1C(F)(F)CCS(N)(=O)=O. The lowest BCUT2D eigenvalue weighted by atomic mass is 10.1. The molecule has 0 aliphatic carbocycles. The van der Waals surface area contributed by atoms with E-state index in [1.807, 2.05) is 0 Å². The molecule has 2 N–H and O–H groups in total. The van der Waals surface area contributed by atoms with Crippen LogP contribution >= 0.6 is 0 Å². The molecule has 0 aromatic heterocycles. The van der Waals surface area contributed by atoms with Crippen molar-refractivity contribution in [1.82, 2.24) is 0 Å². The van der Waals surface area contributed by atoms with Gasteiger partial charge in [0.2, 0.25) is 10.0 Å². The molecule has 1 aromatic carbocycles. The molecule has 4 nitrogen and oxygen atoms in total. The quantitative estimate of drug-likeness (QED) is 0.876. The Labute approximate surface area is 98.4 Å². The van der Waals surface area contributed by atoms with Crippen LogP contribution in [-0.2, 0) is 15.9 Å². The van der Waals surface area contributed by atoms with Crippen molar-refractivity contribution in [3.05, 3.63) is 29.8 Å². The zero-order valence-corrected chi connectivity index (χ0v) is 10.0. The second-order valence-corrected chi connectivity index (χ2v) is 5.26. The minimum Gasteiger partial charge on any atom is -0.496 e. The van der Waals surface area contributed by atoms with Gasteiger partial charge in [0.15, 0.2) is 0 Å². The predicted molar refractivity (Wildman–Crippen MR) is 59.5 cm³/mol. The number of methoxy groups -OCH3 is 1. The third kappa shape index (κ3) is 3.94. The number of hydrogen-bond donors (Lipinski definition) is 1. The molecule has 0 radical (unpaired) electrons. The molecule has 1 aromatic rings. The summed E-state index contributed by atoms with van der Waals surface area (Å²) in [6, 6.07) is 5.57. The van der Waals surface area contributed by atoms with Crippen molar-refractivity contribution in [2.75, 3.05) is 12.9 Å². The number of alkyl halides is 2. The molecule has 0 atom stereocenters. The van der Waals surface area contributed by atoms with Crippen molar-refractivity contribution in [1.29, 1.82) is 0 Å². The van der Waals surface area contributed by atoms with Crippen molar-refractivity contribution in [3.8, 4) is 5.75 Å². The summed E-state index contributed by atoms with van der Waals surface area (Å²) in [5.41, 5.74) is -0.342. The molecule has 96 valence electrons. The Hall–Kier alpha value is -1.21. The molecule has 0 heterocycles. The van der Waals surface area contributed by atoms with Crippen LogP contribution in [0.5, 0.6) is 5.75 Å². The molecule has 1 rings (SSSR count). The van der Waals surface area contributed by atoms with Crippen LogP contribution < -0.4 is 9.88 Å². The molecule has 0 amide bonds. The number of para-hydroxylation sites is 1. The van der Waals surface area contributed by atoms with Gasteiger partial charge in [0.25, 0.3) is 5.92 Å². The number of primary sulfonamides is 1. The maximum atomic E-state index is 13.7. The highest BCUT2D eigenvalue weighted by molar-refractivity contribution is 7.89. The molecule has 0 aliphatic heterocycles. The van der Waals surface area contributed by atoms with Gasteiger partial charge >= 0.3 is 0 Å². The second-order valence-electron chi connectivity index (χ2n) is 3.52. The van der Waals surface area contributed by atoms with E-state index in [1.165, 1.54) is 25.3 Å². The molecule has 0 bridgehead atoms. The maximum absolute atomic E-state index is 13.7. The Morgan fingerprint density at radius 3 is 2.47 bits per heavy atom. The molecule has 0 fully saturated rings. The zero-order chi connectivity index (χ0) is 13.1. The van der Waals surface area contributed by atoms with Crippen LogP contribution in [0.1, 0.15) is 12.0 Å². The van der Waals surface area contributed by atoms with E-state index < -0.39 is 28.1 Å². The molecule has 0 saturated heterocycles. The summed E-state index contributed by atoms with van der Waals surface area (Å²) in [6.07, 6.45) is -0.869. The number of halogens is 2. The fourth-order valence-corrected chi connectivity index (χ4v) is 1.89. The van der Waals surface area contributed by atoms with Gasteiger partial charge in [0, 0.05) is 6.42 Å². The largest absolute Gasteiger partial charge is 0.496 e. The third-order valence-electron chi connectivity index (χ3n) is 2.20. The average Bonchev–Trinajstić information content (AvgIpc) is 2.26. The van der Waals surface area contributed by atoms with E-state index in [-0.39, 0.29) is 11.3 Å². The van der Waals surface area contributed by atoms with Crippen LogP contribution in [0.2, 0.25) is 0 Å². The fraction of sp³-hybridized carbons (Fsp3) is 0.400. The predicted octanol–water partition coefficient (Wildman–Crippen LogP) is 1.47. The number of benzene rings is 1. The zero-order valence-electron chi connectivity index (χ0n) is 9.19. The molecule has 0 spiro atoms. The van der Waals surface area contributed by atoms with Gasteiger partial charge in [0.1, 0.15) is 5.75 Å². The topological polar surface area (TPSA) is 69.4 Å². The Bertz CT molecular complexity index is 488. The summed E-state index contributed by atoms with van der Waals surface area (Å²) in [5, 5.41) is 4.70. The highest BCUT2D eigenvalue weighted by Crippen LogP contribution is 2.37. The van der Waals surface area contributed by atoms with Crippen molar-refractivity contribution < 1.29 is 21.9 Å². The van der Waals surface area contributed by atoms with Crippen LogP contribution in [0.25, 0.3) is 0 Å². The van der Waals surface area contributed by atoms with E-state index in [1.54, 1.807) is 6.07 Å². The van der Waals surface area contributed by atoms with E-state index in [4.69, 9.17) is 9.88 Å². The van der Waals surface area contributed by atoms with E-state index >= 15 is 0 Å². The molecule has 17 heavy (non-hydrogen) atoms. The van der Waals surface area contributed by atoms with Crippen LogP contribution in [0, 0.1) is 0 Å². The summed E-state index contributed by atoms with van der Waals surface area (Å²) >= 11 is 0. The highest BCUT2D eigenvalue weighted by Gasteiger charge is 2.35. The van der Waals surface area contributed by atoms with E-state index in [0.717, 1.165) is 0 Å². The van der Waals surface area contributed by atoms with E-state index in [9.17, 15) is 17.2 Å². The van der Waals surface area contributed by atoms with Crippen LogP contribution in [0.3, 0.4) is 0 Å². The Morgan fingerprint density at radius 1 is 1.35 bits per heavy atom. The molecule has 7 heteroatoms. The number of nitrogens with two attached hydrogens (primary N) is 1. The van der Waals surface area contributed by atoms with Gasteiger partial charge in [-0.2, -0.15) is 0 Å². The van der Waals surface area contributed by atoms with Crippen LogP contribution in [-0.4, -0.2) is 21.3 Å². The average molecular weight is 265 g/mol. The standard InChI is InChI=1S/C10H13F2NO3S/c1-16-9-5-3-2-4-8(9)10(11,12)6-7-17(13,14)15/h2-5H,6-7H2,1H3,(H2,13,14,15). The van der Waals surface area contributed by atoms with Crippen molar-refractivity contribution >= 4 is 10.0 Å². The number of sulfonamides is 1. The normalized spacial score (nSPS) is 12.5. The summed E-state index contributed by atoms with van der Waals surface area (Å²) in [6.45, 7) is 0. The van der Waals surface area contributed by atoms with Crippen LogP contribution in [0.15, 0.2) is 24.3 Å². The van der Waals surface area contributed by atoms with Gasteiger partial charge in [-0.15, -0.1) is 0 Å². The lowest BCUT2D eigenvalue weighted by molar-refractivity contribution is -0.00958. The Balaban J connectivity index is 2.96. The monoisotopic (exact) mass is 265 g/mol. The van der Waals surface area contributed by atoms with Gasteiger partial charge < -0.3 is 4.74 Å². The molecule has 0 saturated carbocycles. The fourth-order valence-electron chi connectivity index (χ4n) is 1.35. The lowest BCUT2D eigenvalue weighted by Gasteiger charge is -2.18. The molecular formula is C10H13F2NO3S. The van der Waals surface area contributed by atoms with Crippen molar-refractivity contribution in [2.24, 2.45) is 5.14 Å².